The predicted octanol–water partition coefficient (Wildman–Crippen LogP) is 5.76. The first-order chi connectivity index (χ1) is 15.5. The molecular weight excluding hydrogens is 457 g/mol. The number of carboxylic acid groups (broad SMARTS) is 1. The summed E-state index contributed by atoms with van der Waals surface area (Å²) in [5.41, 5.74) is 0.0642. The second kappa shape index (κ2) is 10.2. The van der Waals surface area contributed by atoms with E-state index in [1.54, 1.807) is 23.1 Å². The molecule has 0 unspecified atom stereocenters. The van der Waals surface area contributed by atoms with Crippen molar-refractivity contribution in [2.75, 3.05) is 18.4 Å². The van der Waals surface area contributed by atoms with Crippen LogP contribution in [-0.2, 0) is 16.0 Å². The first-order valence-electron chi connectivity index (χ1n) is 11.6. The van der Waals surface area contributed by atoms with Crippen LogP contribution in [-0.4, -0.2) is 47.2 Å². The summed E-state index contributed by atoms with van der Waals surface area (Å²) in [6, 6.07) is 3.48. The number of carbonyl (C=O) groups excluding carboxylic acids is 1. The molecule has 2 fully saturated rings. The summed E-state index contributed by atoms with van der Waals surface area (Å²) in [6.07, 6.45) is 0.255. The van der Waals surface area contributed by atoms with Crippen molar-refractivity contribution in [2.45, 2.75) is 71.0 Å². The predicted molar refractivity (Wildman–Crippen MR) is 121 cm³/mol. The SMILES string of the molecule is CCC1CCN([C@@H](C(=O)Nc2cc(CC3(C(=O)O)CCC3)ccc2Cl)[C@@H](C)C(F)(F)F)CC1. The van der Waals surface area contributed by atoms with Crippen molar-refractivity contribution in [2.24, 2.45) is 17.3 Å². The van der Waals surface area contributed by atoms with E-state index in [1.807, 2.05) is 0 Å². The number of hydrogen-bond acceptors (Lipinski definition) is 3. The van der Waals surface area contributed by atoms with E-state index in [1.165, 1.54) is 0 Å². The third-order valence-corrected chi connectivity index (χ3v) is 7.80. The van der Waals surface area contributed by atoms with Gasteiger partial charge in [0.1, 0.15) is 6.04 Å². The van der Waals surface area contributed by atoms with E-state index in [0.29, 0.717) is 37.4 Å². The van der Waals surface area contributed by atoms with Crippen molar-refractivity contribution in [1.82, 2.24) is 4.90 Å². The second-order valence-electron chi connectivity index (χ2n) is 9.58. The average molecular weight is 489 g/mol. The fraction of sp³-hybridized carbons (Fsp3) is 0.667. The monoisotopic (exact) mass is 488 g/mol. The van der Waals surface area contributed by atoms with Crippen molar-refractivity contribution in [3.05, 3.63) is 28.8 Å². The number of nitrogens with one attached hydrogen (secondary N) is 1. The summed E-state index contributed by atoms with van der Waals surface area (Å²) in [5, 5.41) is 12.4. The van der Waals surface area contributed by atoms with E-state index < -0.39 is 35.4 Å². The lowest BCUT2D eigenvalue weighted by atomic mass is 9.65. The number of piperidine rings is 1. The maximum Gasteiger partial charge on any atom is 0.393 e. The Morgan fingerprint density at radius 3 is 2.39 bits per heavy atom. The number of carbonyl (C=O) groups is 2. The van der Waals surface area contributed by atoms with Gasteiger partial charge in [-0.05, 0) is 68.8 Å². The van der Waals surface area contributed by atoms with Gasteiger partial charge in [0.15, 0.2) is 0 Å². The highest BCUT2D eigenvalue weighted by atomic mass is 35.5. The van der Waals surface area contributed by atoms with E-state index in [0.717, 1.165) is 32.6 Å². The molecule has 184 valence electrons. The molecule has 1 amide bonds. The molecule has 2 N–H and O–H groups in total. The summed E-state index contributed by atoms with van der Waals surface area (Å²) in [4.78, 5) is 26.5. The second-order valence-corrected chi connectivity index (χ2v) is 9.99. The molecule has 33 heavy (non-hydrogen) atoms. The van der Waals surface area contributed by atoms with Gasteiger partial charge in [-0.25, -0.2) is 0 Å². The molecule has 1 aromatic rings. The molecule has 1 aliphatic carbocycles. The quantitative estimate of drug-likeness (QED) is 0.487. The number of aliphatic carboxylic acids is 1. The summed E-state index contributed by atoms with van der Waals surface area (Å²) >= 11 is 6.25. The van der Waals surface area contributed by atoms with E-state index in [4.69, 9.17) is 11.6 Å². The maximum absolute atomic E-state index is 13.7. The molecule has 3 rings (SSSR count). The topological polar surface area (TPSA) is 69.6 Å². The van der Waals surface area contributed by atoms with Crippen LogP contribution in [0.2, 0.25) is 5.02 Å². The van der Waals surface area contributed by atoms with Crippen LogP contribution in [0.3, 0.4) is 0 Å². The Hall–Kier alpha value is -1.80. The lowest BCUT2D eigenvalue weighted by Crippen LogP contribution is -2.54. The number of rotatable bonds is 8. The molecule has 0 aromatic heterocycles. The molecule has 1 saturated carbocycles. The Labute approximate surface area is 197 Å². The number of halogens is 4. The first kappa shape index (κ1) is 25.8. The molecule has 9 heteroatoms. The number of anilines is 1. The van der Waals surface area contributed by atoms with Crippen LogP contribution in [0.15, 0.2) is 18.2 Å². The Kier molecular flexibility index (Phi) is 7.99. The molecule has 1 saturated heterocycles. The maximum atomic E-state index is 13.7. The highest BCUT2D eigenvalue weighted by Crippen LogP contribution is 2.44. The van der Waals surface area contributed by atoms with Gasteiger partial charge in [-0.1, -0.05) is 44.4 Å². The van der Waals surface area contributed by atoms with Crippen LogP contribution in [0.5, 0.6) is 0 Å². The molecule has 2 aliphatic rings. The van der Waals surface area contributed by atoms with Crippen LogP contribution in [0.4, 0.5) is 18.9 Å². The van der Waals surface area contributed by atoms with Gasteiger partial charge in [0, 0.05) is 0 Å². The minimum absolute atomic E-state index is 0.202. The number of nitrogens with zero attached hydrogens (tertiary/aromatic N) is 1. The number of hydrogen-bond donors (Lipinski definition) is 2. The molecule has 1 heterocycles. The average Bonchev–Trinajstić information content (AvgIpc) is 2.72. The highest BCUT2D eigenvalue weighted by molar-refractivity contribution is 6.33. The van der Waals surface area contributed by atoms with Gasteiger partial charge in [0.25, 0.3) is 0 Å². The zero-order valence-electron chi connectivity index (χ0n) is 19.1. The standard InChI is InChI=1S/C24H32ClF3N2O3/c1-3-16-7-11-30(12-8-16)20(15(2)24(26,27)28)21(31)29-19-13-17(5-6-18(19)25)14-23(22(32)33)9-4-10-23/h5-6,13,15-16,20H,3-4,7-12,14H2,1-2H3,(H,29,31)(H,32,33)/t15-,20-/m1/s1. The number of benzene rings is 1. The van der Waals surface area contributed by atoms with E-state index in [2.05, 4.69) is 12.2 Å². The Bertz CT molecular complexity index is 865. The minimum atomic E-state index is -4.52. The van der Waals surface area contributed by atoms with Crippen molar-refractivity contribution in [1.29, 1.82) is 0 Å². The lowest BCUT2D eigenvalue weighted by Gasteiger charge is -2.39. The number of amides is 1. The zero-order chi connectivity index (χ0) is 24.4. The summed E-state index contributed by atoms with van der Waals surface area (Å²) in [5.74, 6) is -2.98. The van der Waals surface area contributed by atoms with Gasteiger partial charge in [0.05, 0.1) is 22.0 Å². The van der Waals surface area contributed by atoms with Crippen molar-refractivity contribution >= 4 is 29.2 Å². The summed E-state index contributed by atoms with van der Waals surface area (Å²) in [6.45, 7) is 3.98. The van der Waals surface area contributed by atoms with E-state index in [9.17, 15) is 27.9 Å². The van der Waals surface area contributed by atoms with Gasteiger partial charge in [0.2, 0.25) is 5.91 Å². The van der Waals surface area contributed by atoms with Crippen molar-refractivity contribution < 1.29 is 27.9 Å². The van der Waals surface area contributed by atoms with Crippen LogP contribution < -0.4 is 5.32 Å². The Balaban J connectivity index is 1.80. The smallest absolute Gasteiger partial charge is 0.393 e. The van der Waals surface area contributed by atoms with Gasteiger partial charge < -0.3 is 10.4 Å². The molecule has 0 radical (unpaired) electrons. The largest absolute Gasteiger partial charge is 0.481 e. The molecule has 2 atom stereocenters. The molecular formula is C24H32ClF3N2O3. The van der Waals surface area contributed by atoms with Crippen LogP contribution in [0.1, 0.15) is 57.9 Å². The fourth-order valence-electron chi connectivity index (χ4n) is 4.97. The van der Waals surface area contributed by atoms with E-state index in [-0.39, 0.29) is 17.1 Å². The normalized spacial score (nSPS) is 21.2. The Morgan fingerprint density at radius 1 is 1.27 bits per heavy atom. The van der Waals surface area contributed by atoms with Crippen LogP contribution >= 0.6 is 11.6 Å². The number of likely N-dealkylation sites (tertiary alicyclic amines) is 1. The molecule has 5 nitrogen and oxygen atoms in total. The summed E-state index contributed by atoms with van der Waals surface area (Å²) < 4.78 is 41.0. The fourth-order valence-corrected chi connectivity index (χ4v) is 5.14. The summed E-state index contributed by atoms with van der Waals surface area (Å²) in [7, 11) is 0. The van der Waals surface area contributed by atoms with Crippen LogP contribution in [0.25, 0.3) is 0 Å². The van der Waals surface area contributed by atoms with Gasteiger partial charge in [-0.15, -0.1) is 0 Å². The lowest BCUT2D eigenvalue weighted by molar-refractivity contribution is -0.189. The molecule has 1 aromatic carbocycles. The molecule has 1 aliphatic heterocycles. The van der Waals surface area contributed by atoms with Gasteiger partial charge >= 0.3 is 12.1 Å². The van der Waals surface area contributed by atoms with Gasteiger partial charge in [-0.2, -0.15) is 13.2 Å². The minimum Gasteiger partial charge on any atom is -0.481 e. The Morgan fingerprint density at radius 2 is 1.91 bits per heavy atom. The zero-order valence-corrected chi connectivity index (χ0v) is 19.8. The molecule has 0 bridgehead atoms. The third kappa shape index (κ3) is 5.83. The molecule has 0 spiro atoms. The van der Waals surface area contributed by atoms with Crippen LogP contribution in [0, 0.1) is 17.3 Å². The highest BCUT2D eigenvalue weighted by Gasteiger charge is 2.47. The van der Waals surface area contributed by atoms with Gasteiger partial charge in [-0.3, -0.25) is 14.5 Å². The third-order valence-electron chi connectivity index (χ3n) is 7.47. The van der Waals surface area contributed by atoms with Crippen molar-refractivity contribution in [3.63, 3.8) is 0 Å². The van der Waals surface area contributed by atoms with Crippen molar-refractivity contribution in [3.8, 4) is 0 Å². The first-order valence-corrected chi connectivity index (χ1v) is 12.0. The van der Waals surface area contributed by atoms with E-state index >= 15 is 0 Å². The number of alkyl halides is 3. The number of carboxylic acids is 1.